The number of hydrogen-bond donors (Lipinski definition) is 4. The second-order valence-corrected chi connectivity index (χ2v) is 6.74. The molecule has 124 valence electrons. The summed E-state index contributed by atoms with van der Waals surface area (Å²) < 4.78 is 5.77. The van der Waals surface area contributed by atoms with E-state index in [-0.39, 0.29) is 37.4 Å². The molecule has 8 unspecified atom stereocenters. The molecule has 1 aliphatic heterocycles. The standard InChI is InChI=1S/C15H22O7/c16-7-4-10(19)12-11(5-7)22-15(14(21)13(12)20)6-1-2-8(17)9(18)3-6/h6-8,10-13,15-17,19-20H,1-5H2. The highest BCUT2D eigenvalue weighted by atomic mass is 16.5. The topological polar surface area (TPSA) is 124 Å². The maximum Gasteiger partial charge on any atom is 0.190 e. The Hall–Kier alpha value is -0.860. The summed E-state index contributed by atoms with van der Waals surface area (Å²) in [5.74, 6) is -1.91. The molecule has 3 fully saturated rings. The van der Waals surface area contributed by atoms with Crippen LogP contribution in [0.4, 0.5) is 0 Å². The van der Waals surface area contributed by atoms with Crippen LogP contribution in [0.5, 0.6) is 0 Å². The van der Waals surface area contributed by atoms with Crippen LogP contribution in [0.15, 0.2) is 0 Å². The number of carbonyl (C=O) groups is 2. The third kappa shape index (κ3) is 2.72. The van der Waals surface area contributed by atoms with Gasteiger partial charge in [-0.25, -0.2) is 0 Å². The summed E-state index contributed by atoms with van der Waals surface area (Å²) in [6, 6.07) is 0. The summed E-state index contributed by atoms with van der Waals surface area (Å²) in [5.41, 5.74) is 0. The number of Topliss-reactive ketones (excluding diaryl/α,β-unsaturated/α-hetero) is 2. The molecular weight excluding hydrogens is 292 g/mol. The van der Waals surface area contributed by atoms with Gasteiger partial charge in [0.1, 0.15) is 18.3 Å². The molecule has 4 N–H and O–H groups in total. The van der Waals surface area contributed by atoms with E-state index in [2.05, 4.69) is 0 Å². The molecule has 0 spiro atoms. The van der Waals surface area contributed by atoms with Crippen LogP contribution in [-0.2, 0) is 14.3 Å². The Balaban J connectivity index is 1.76. The van der Waals surface area contributed by atoms with Gasteiger partial charge in [0.25, 0.3) is 0 Å². The summed E-state index contributed by atoms with van der Waals surface area (Å²) in [6.07, 6.45) is -4.37. The maximum atomic E-state index is 12.4. The number of ketones is 2. The Morgan fingerprint density at radius 2 is 1.73 bits per heavy atom. The van der Waals surface area contributed by atoms with Crippen molar-refractivity contribution < 1.29 is 34.8 Å². The van der Waals surface area contributed by atoms with Gasteiger partial charge in [-0.2, -0.15) is 0 Å². The van der Waals surface area contributed by atoms with E-state index >= 15 is 0 Å². The number of hydrogen-bond acceptors (Lipinski definition) is 7. The normalized spacial score (nSPS) is 49.8. The molecule has 7 heteroatoms. The van der Waals surface area contributed by atoms with Crippen molar-refractivity contribution in [2.45, 2.75) is 68.7 Å². The zero-order chi connectivity index (χ0) is 16.0. The fourth-order valence-electron chi connectivity index (χ4n) is 4.01. The number of carbonyl (C=O) groups excluding carboxylic acids is 2. The first kappa shape index (κ1) is 16.0. The van der Waals surface area contributed by atoms with Crippen LogP contribution in [0.25, 0.3) is 0 Å². The summed E-state index contributed by atoms with van der Waals surface area (Å²) in [5, 5.41) is 39.5. The van der Waals surface area contributed by atoms with Crippen molar-refractivity contribution in [3.05, 3.63) is 0 Å². The predicted octanol–water partition coefficient (Wildman–Crippen LogP) is -1.45. The lowest BCUT2D eigenvalue weighted by atomic mass is 9.72. The Labute approximate surface area is 127 Å². The lowest BCUT2D eigenvalue weighted by Gasteiger charge is -2.47. The fraction of sp³-hybridized carbons (Fsp3) is 0.867. The number of aliphatic hydroxyl groups is 4. The predicted molar refractivity (Wildman–Crippen MR) is 72.8 cm³/mol. The maximum absolute atomic E-state index is 12.4. The van der Waals surface area contributed by atoms with Gasteiger partial charge in [0.05, 0.1) is 18.3 Å². The van der Waals surface area contributed by atoms with Gasteiger partial charge in [0.2, 0.25) is 0 Å². The molecule has 2 saturated carbocycles. The molecule has 0 aromatic carbocycles. The van der Waals surface area contributed by atoms with Crippen LogP contribution >= 0.6 is 0 Å². The molecule has 0 radical (unpaired) electrons. The largest absolute Gasteiger partial charge is 0.393 e. The van der Waals surface area contributed by atoms with Gasteiger partial charge in [-0.15, -0.1) is 0 Å². The third-order valence-corrected chi connectivity index (χ3v) is 5.22. The van der Waals surface area contributed by atoms with Gasteiger partial charge in [-0.1, -0.05) is 0 Å². The second-order valence-electron chi connectivity index (χ2n) is 6.74. The summed E-state index contributed by atoms with van der Waals surface area (Å²) in [4.78, 5) is 24.0. The van der Waals surface area contributed by atoms with Crippen LogP contribution in [0.1, 0.15) is 32.1 Å². The molecule has 0 aromatic rings. The van der Waals surface area contributed by atoms with Crippen LogP contribution in [0, 0.1) is 11.8 Å². The van der Waals surface area contributed by atoms with Crippen LogP contribution < -0.4 is 0 Å². The van der Waals surface area contributed by atoms with Crippen molar-refractivity contribution >= 4 is 11.6 Å². The monoisotopic (exact) mass is 314 g/mol. The number of rotatable bonds is 1. The minimum atomic E-state index is -1.34. The first-order valence-electron chi connectivity index (χ1n) is 7.82. The third-order valence-electron chi connectivity index (χ3n) is 5.22. The number of ether oxygens (including phenoxy) is 1. The quantitative estimate of drug-likeness (QED) is 0.466. The second kappa shape index (κ2) is 5.98. The minimum absolute atomic E-state index is 0.0484. The average molecular weight is 314 g/mol. The lowest BCUT2D eigenvalue weighted by Crippen LogP contribution is -2.60. The summed E-state index contributed by atoms with van der Waals surface area (Å²) in [7, 11) is 0. The summed E-state index contributed by atoms with van der Waals surface area (Å²) >= 11 is 0. The van der Waals surface area contributed by atoms with E-state index in [4.69, 9.17) is 4.74 Å². The van der Waals surface area contributed by atoms with E-state index < -0.39 is 48.3 Å². The van der Waals surface area contributed by atoms with Crippen molar-refractivity contribution in [2.24, 2.45) is 11.8 Å². The molecule has 7 nitrogen and oxygen atoms in total. The Morgan fingerprint density at radius 3 is 2.41 bits per heavy atom. The van der Waals surface area contributed by atoms with E-state index in [1.54, 1.807) is 0 Å². The molecule has 1 saturated heterocycles. The SMILES string of the molecule is O=C1CC(C2OC3CC(O)CC(O)C3C(O)C2=O)CCC1O. The minimum Gasteiger partial charge on any atom is -0.393 e. The molecular formula is C15H22O7. The molecule has 1 heterocycles. The van der Waals surface area contributed by atoms with Gasteiger partial charge < -0.3 is 25.2 Å². The zero-order valence-electron chi connectivity index (χ0n) is 12.2. The number of fused-ring (bicyclic) bond motifs is 1. The van der Waals surface area contributed by atoms with Crippen molar-refractivity contribution in [3.8, 4) is 0 Å². The van der Waals surface area contributed by atoms with Gasteiger partial charge >= 0.3 is 0 Å². The number of aliphatic hydroxyl groups excluding tert-OH is 4. The van der Waals surface area contributed by atoms with Crippen LogP contribution in [-0.4, -0.2) is 68.6 Å². The highest BCUT2D eigenvalue weighted by Gasteiger charge is 2.52. The van der Waals surface area contributed by atoms with Crippen molar-refractivity contribution in [3.63, 3.8) is 0 Å². The lowest BCUT2D eigenvalue weighted by molar-refractivity contribution is -0.206. The fourth-order valence-corrected chi connectivity index (χ4v) is 4.01. The van der Waals surface area contributed by atoms with E-state index in [0.29, 0.717) is 6.42 Å². The van der Waals surface area contributed by atoms with Crippen molar-refractivity contribution in [1.82, 2.24) is 0 Å². The van der Waals surface area contributed by atoms with Crippen molar-refractivity contribution in [1.29, 1.82) is 0 Å². The first-order valence-corrected chi connectivity index (χ1v) is 7.82. The Morgan fingerprint density at radius 1 is 1.00 bits per heavy atom. The van der Waals surface area contributed by atoms with Gasteiger partial charge in [-0.05, 0) is 25.2 Å². The van der Waals surface area contributed by atoms with E-state index in [1.165, 1.54) is 0 Å². The molecule has 8 atom stereocenters. The van der Waals surface area contributed by atoms with Crippen molar-refractivity contribution in [2.75, 3.05) is 0 Å². The average Bonchev–Trinajstić information content (AvgIpc) is 2.45. The molecule has 3 aliphatic rings. The highest BCUT2D eigenvalue weighted by molar-refractivity contribution is 5.90. The van der Waals surface area contributed by atoms with Gasteiger partial charge in [-0.3, -0.25) is 9.59 Å². The van der Waals surface area contributed by atoms with E-state index in [9.17, 15) is 30.0 Å². The van der Waals surface area contributed by atoms with Gasteiger partial charge in [0, 0.05) is 18.8 Å². The van der Waals surface area contributed by atoms with Gasteiger partial charge in [0.15, 0.2) is 11.6 Å². The highest BCUT2D eigenvalue weighted by Crippen LogP contribution is 2.39. The Kier molecular flexibility index (Phi) is 4.35. The van der Waals surface area contributed by atoms with E-state index in [1.807, 2.05) is 0 Å². The van der Waals surface area contributed by atoms with Crippen LogP contribution in [0.3, 0.4) is 0 Å². The zero-order valence-corrected chi connectivity index (χ0v) is 12.2. The molecule has 2 aliphatic carbocycles. The summed E-state index contributed by atoms with van der Waals surface area (Å²) in [6.45, 7) is 0. The smallest absolute Gasteiger partial charge is 0.190 e. The molecule has 0 aromatic heterocycles. The molecule has 22 heavy (non-hydrogen) atoms. The molecule has 3 rings (SSSR count). The van der Waals surface area contributed by atoms with E-state index in [0.717, 1.165) is 0 Å². The molecule has 0 amide bonds. The first-order chi connectivity index (χ1) is 10.4. The van der Waals surface area contributed by atoms with Crippen LogP contribution in [0.2, 0.25) is 0 Å². The Bertz CT molecular complexity index is 465. The molecule has 0 bridgehead atoms.